The fourth-order valence-corrected chi connectivity index (χ4v) is 6.29. The first-order valence-corrected chi connectivity index (χ1v) is 13.2. The average Bonchev–Trinajstić information content (AvgIpc) is 3.67. The first-order chi connectivity index (χ1) is 18.0. The molecular formula is C28H26FN5O2S. The summed E-state index contributed by atoms with van der Waals surface area (Å²) in [5, 5.41) is 5.73. The molecule has 9 heteroatoms. The third-order valence-electron chi connectivity index (χ3n) is 7.13. The molecule has 188 valence electrons. The highest BCUT2D eigenvalue weighted by molar-refractivity contribution is 7.18. The number of fused-ring (bicyclic) bond motifs is 1. The molecule has 4 aromatic rings. The zero-order valence-electron chi connectivity index (χ0n) is 20.2. The number of hydrogen-bond acceptors (Lipinski definition) is 5. The van der Waals surface area contributed by atoms with Gasteiger partial charge in [0.25, 0.3) is 5.91 Å². The number of piperidine rings is 1. The predicted octanol–water partition coefficient (Wildman–Crippen LogP) is 5.65. The molecule has 0 bridgehead atoms. The Morgan fingerprint density at radius 3 is 2.81 bits per heavy atom. The molecule has 1 amide bonds. The SMILES string of the molecule is [C-]#[N+]c1ccc(-c2cc(C(=O)N3CCC[C@@H](N)C3)sc2-c2ccc3nn(C4CCOC4)cc3c2)cc1F. The van der Waals surface area contributed by atoms with Crippen molar-refractivity contribution in [1.29, 1.82) is 0 Å². The molecule has 0 spiro atoms. The van der Waals surface area contributed by atoms with Crippen LogP contribution < -0.4 is 5.73 Å². The minimum atomic E-state index is -0.574. The van der Waals surface area contributed by atoms with E-state index in [2.05, 4.69) is 10.9 Å². The summed E-state index contributed by atoms with van der Waals surface area (Å²) in [7, 11) is 0. The number of nitrogens with zero attached hydrogens (tertiary/aromatic N) is 4. The Kier molecular flexibility index (Phi) is 6.24. The lowest BCUT2D eigenvalue weighted by molar-refractivity contribution is 0.0714. The number of amides is 1. The number of thiophene rings is 1. The van der Waals surface area contributed by atoms with Crippen LogP contribution in [0.3, 0.4) is 0 Å². The first-order valence-electron chi connectivity index (χ1n) is 12.4. The number of aromatic nitrogens is 2. The van der Waals surface area contributed by atoms with Gasteiger partial charge in [-0.2, -0.15) is 5.10 Å². The van der Waals surface area contributed by atoms with Crippen LogP contribution in [0.15, 0.2) is 48.7 Å². The fourth-order valence-electron chi connectivity index (χ4n) is 5.14. The molecular weight excluding hydrogens is 489 g/mol. The van der Waals surface area contributed by atoms with Gasteiger partial charge in [-0.05, 0) is 54.7 Å². The highest BCUT2D eigenvalue weighted by Gasteiger charge is 2.26. The van der Waals surface area contributed by atoms with E-state index in [0.29, 0.717) is 30.1 Å². The zero-order valence-corrected chi connectivity index (χ0v) is 21.0. The Labute approximate surface area is 218 Å². The number of rotatable bonds is 4. The minimum Gasteiger partial charge on any atom is -0.379 e. The van der Waals surface area contributed by atoms with Gasteiger partial charge in [0.05, 0.1) is 29.6 Å². The Bertz CT molecular complexity index is 1530. The number of carbonyl (C=O) groups is 1. The molecule has 0 radical (unpaired) electrons. The van der Waals surface area contributed by atoms with Crippen LogP contribution in [0.2, 0.25) is 0 Å². The molecule has 2 aliphatic heterocycles. The summed E-state index contributed by atoms with van der Waals surface area (Å²) < 4.78 is 22.1. The summed E-state index contributed by atoms with van der Waals surface area (Å²) >= 11 is 1.40. The van der Waals surface area contributed by atoms with Crippen LogP contribution in [0.1, 0.15) is 35.0 Å². The summed E-state index contributed by atoms with van der Waals surface area (Å²) in [6.45, 7) is 9.79. The van der Waals surface area contributed by atoms with E-state index in [4.69, 9.17) is 22.1 Å². The van der Waals surface area contributed by atoms with Crippen molar-refractivity contribution in [1.82, 2.24) is 14.7 Å². The third kappa shape index (κ3) is 4.53. The van der Waals surface area contributed by atoms with E-state index in [1.165, 1.54) is 23.5 Å². The monoisotopic (exact) mass is 515 g/mol. The molecule has 7 nitrogen and oxygen atoms in total. The Balaban J connectivity index is 1.43. The lowest BCUT2D eigenvalue weighted by Crippen LogP contribution is -2.45. The lowest BCUT2D eigenvalue weighted by Gasteiger charge is -2.30. The van der Waals surface area contributed by atoms with Crippen molar-refractivity contribution >= 4 is 33.8 Å². The van der Waals surface area contributed by atoms with Crippen LogP contribution in [0.5, 0.6) is 0 Å². The zero-order chi connectivity index (χ0) is 25.5. The van der Waals surface area contributed by atoms with Crippen molar-refractivity contribution in [2.75, 3.05) is 26.3 Å². The van der Waals surface area contributed by atoms with Crippen LogP contribution in [0.25, 0.3) is 37.3 Å². The van der Waals surface area contributed by atoms with Gasteiger partial charge in [-0.1, -0.05) is 18.2 Å². The number of hydrogen-bond donors (Lipinski definition) is 1. The Morgan fingerprint density at radius 1 is 1.19 bits per heavy atom. The topological polar surface area (TPSA) is 77.7 Å². The van der Waals surface area contributed by atoms with E-state index < -0.39 is 5.82 Å². The Hall–Kier alpha value is -3.58. The van der Waals surface area contributed by atoms with Crippen LogP contribution in [-0.2, 0) is 4.74 Å². The molecule has 0 saturated carbocycles. The van der Waals surface area contributed by atoms with Gasteiger partial charge in [-0.3, -0.25) is 9.48 Å². The lowest BCUT2D eigenvalue weighted by atomic mass is 10.0. The maximum Gasteiger partial charge on any atom is 0.264 e. The van der Waals surface area contributed by atoms with E-state index in [9.17, 15) is 9.18 Å². The van der Waals surface area contributed by atoms with E-state index in [-0.39, 0.29) is 23.7 Å². The summed E-state index contributed by atoms with van der Waals surface area (Å²) in [6.07, 6.45) is 4.77. The molecule has 2 N–H and O–H groups in total. The maximum absolute atomic E-state index is 14.6. The third-order valence-corrected chi connectivity index (χ3v) is 8.30. The van der Waals surface area contributed by atoms with Gasteiger partial charge in [-0.25, -0.2) is 9.24 Å². The second kappa shape index (κ2) is 9.71. The standard InChI is InChI=1S/C28H26FN5O2S/c1-31-25-7-4-17(12-23(25)29)22-13-26(28(35)33-9-2-3-20(30)15-33)37-27(22)18-5-6-24-19(11-18)14-34(32-24)21-8-10-36-16-21/h4-7,11-14,20-21H,2-3,8-10,15-16,30H2/t20-,21?/m1/s1. The molecule has 2 atom stereocenters. The van der Waals surface area contributed by atoms with E-state index in [1.54, 1.807) is 6.07 Å². The van der Waals surface area contributed by atoms with Crippen molar-refractivity contribution in [2.45, 2.75) is 31.3 Å². The number of halogens is 1. The number of nitrogens with two attached hydrogens (primary N) is 1. The largest absolute Gasteiger partial charge is 0.379 e. The smallest absolute Gasteiger partial charge is 0.264 e. The normalized spacial score (nSPS) is 19.9. The highest BCUT2D eigenvalue weighted by Crippen LogP contribution is 2.42. The van der Waals surface area contributed by atoms with Crippen LogP contribution in [0, 0.1) is 12.4 Å². The second-order valence-electron chi connectivity index (χ2n) is 9.69. The van der Waals surface area contributed by atoms with Gasteiger partial charge >= 0.3 is 0 Å². The second-order valence-corrected chi connectivity index (χ2v) is 10.7. The molecule has 2 aliphatic rings. The van der Waals surface area contributed by atoms with Gasteiger partial charge in [0, 0.05) is 47.8 Å². The van der Waals surface area contributed by atoms with Crippen molar-refractivity contribution < 1.29 is 13.9 Å². The molecule has 2 aromatic carbocycles. The Morgan fingerprint density at radius 2 is 2.05 bits per heavy atom. The molecule has 1 unspecified atom stereocenters. The van der Waals surface area contributed by atoms with Gasteiger partial charge in [0.1, 0.15) is 5.82 Å². The number of carbonyl (C=O) groups excluding carboxylic acids is 1. The van der Waals surface area contributed by atoms with E-state index >= 15 is 0 Å². The maximum atomic E-state index is 14.6. The fraction of sp³-hybridized carbons (Fsp3) is 0.321. The van der Waals surface area contributed by atoms with E-state index in [0.717, 1.165) is 52.8 Å². The van der Waals surface area contributed by atoms with Gasteiger partial charge in [-0.15, -0.1) is 11.3 Å². The molecule has 2 aromatic heterocycles. The average molecular weight is 516 g/mol. The summed E-state index contributed by atoms with van der Waals surface area (Å²) in [5.74, 6) is -0.629. The van der Waals surface area contributed by atoms with Crippen molar-refractivity contribution in [2.24, 2.45) is 5.73 Å². The summed E-state index contributed by atoms with van der Waals surface area (Å²) in [5.41, 5.74) is 9.32. The van der Waals surface area contributed by atoms with Gasteiger partial charge < -0.3 is 15.4 Å². The first kappa shape index (κ1) is 23.8. The molecule has 6 rings (SSSR count). The molecule has 0 aliphatic carbocycles. The molecule has 2 fully saturated rings. The number of ether oxygens (including phenoxy) is 1. The quantitative estimate of drug-likeness (QED) is 0.357. The highest BCUT2D eigenvalue weighted by atomic mass is 32.1. The van der Waals surface area contributed by atoms with Crippen LogP contribution in [-0.4, -0.2) is 52.9 Å². The molecule has 4 heterocycles. The molecule has 37 heavy (non-hydrogen) atoms. The van der Waals surface area contributed by atoms with Crippen molar-refractivity contribution in [3.8, 4) is 21.6 Å². The molecule has 2 saturated heterocycles. The van der Waals surface area contributed by atoms with Crippen LogP contribution in [0.4, 0.5) is 10.1 Å². The van der Waals surface area contributed by atoms with Crippen molar-refractivity contribution in [3.63, 3.8) is 0 Å². The van der Waals surface area contributed by atoms with Crippen molar-refractivity contribution in [3.05, 3.63) is 70.8 Å². The number of likely N-dealkylation sites (tertiary alicyclic amines) is 1. The van der Waals surface area contributed by atoms with Crippen LogP contribution >= 0.6 is 11.3 Å². The summed E-state index contributed by atoms with van der Waals surface area (Å²) in [4.78, 5) is 20.0. The van der Waals surface area contributed by atoms with E-state index in [1.807, 2.05) is 34.0 Å². The van der Waals surface area contributed by atoms with Gasteiger partial charge in [0.15, 0.2) is 0 Å². The minimum absolute atomic E-state index is 0.0175. The van der Waals surface area contributed by atoms with Gasteiger partial charge in [0.2, 0.25) is 5.69 Å². The number of benzene rings is 2. The summed E-state index contributed by atoms with van der Waals surface area (Å²) in [6, 6.07) is 12.7. The predicted molar refractivity (Wildman–Crippen MR) is 142 cm³/mol.